The molecule has 0 spiro atoms. The van der Waals surface area contributed by atoms with Gasteiger partial charge in [0.05, 0.1) is 12.6 Å². The lowest BCUT2D eigenvalue weighted by atomic mass is 10.0. The Labute approximate surface area is 177 Å². The molecule has 30 heavy (non-hydrogen) atoms. The van der Waals surface area contributed by atoms with Crippen molar-refractivity contribution in [2.24, 2.45) is 11.8 Å². The Morgan fingerprint density at radius 1 is 1.17 bits per heavy atom. The fourth-order valence-corrected chi connectivity index (χ4v) is 4.37. The smallest absolute Gasteiger partial charge is 0.163 e. The summed E-state index contributed by atoms with van der Waals surface area (Å²) in [7, 11) is 1.70. The van der Waals surface area contributed by atoms with E-state index in [0.29, 0.717) is 12.5 Å². The van der Waals surface area contributed by atoms with E-state index >= 15 is 0 Å². The van der Waals surface area contributed by atoms with Crippen LogP contribution in [0.15, 0.2) is 30.5 Å². The van der Waals surface area contributed by atoms with Gasteiger partial charge >= 0.3 is 0 Å². The van der Waals surface area contributed by atoms with E-state index in [9.17, 15) is 0 Å². The predicted octanol–water partition coefficient (Wildman–Crippen LogP) is 5.08. The van der Waals surface area contributed by atoms with Crippen LogP contribution in [0, 0.1) is 18.8 Å². The first-order valence-corrected chi connectivity index (χ1v) is 10.9. The molecule has 1 fully saturated rings. The zero-order valence-corrected chi connectivity index (χ0v) is 18.0. The summed E-state index contributed by atoms with van der Waals surface area (Å²) in [6, 6.07) is 8.10. The highest BCUT2D eigenvalue weighted by molar-refractivity contribution is 5.96. The molecule has 1 saturated carbocycles. The van der Waals surface area contributed by atoms with Crippen LogP contribution in [0.3, 0.4) is 0 Å². The van der Waals surface area contributed by atoms with Gasteiger partial charge in [0.2, 0.25) is 0 Å². The predicted molar refractivity (Wildman–Crippen MR) is 119 cm³/mol. The molecule has 1 unspecified atom stereocenters. The number of hydrogen-bond donors (Lipinski definition) is 1. The van der Waals surface area contributed by atoms with Gasteiger partial charge in [-0.3, -0.25) is 9.97 Å². The van der Waals surface area contributed by atoms with Crippen LogP contribution in [-0.4, -0.2) is 23.6 Å². The van der Waals surface area contributed by atoms with Crippen LogP contribution < -0.4 is 14.8 Å². The molecule has 2 aliphatic carbocycles. The van der Waals surface area contributed by atoms with Crippen LogP contribution >= 0.6 is 0 Å². The van der Waals surface area contributed by atoms with E-state index in [2.05, 4.69) is 23.3 Å². The molecule has 5 heteroatoms. The number of fused-ring (bicyclic) bond motifs is 2. The van der Waals surface area contributed by atoms with E-state index in [-0.39, 0.29) is 0 Å². The van der Waals surface area contributed by atoms with Gasteiger partial charge < -0.3 is 14.8 Å². The minimum absolute atomic E-state index is 0.455. The van der Waals surface area contributed by atoms with Crippen molar-refractivity contribution in [2.45, 2.75) is 46.1 Å². The fraction of sp³-hybridized carbons (Fsp3) is 0.440. The summed E-state index contributed by atoms with van der Waals surface area (Å²) in [5.41, 5.74) is 6.89. The second-order valence-corrected chi connectivity index (χ2v) is 8.81. The summed E-state index contributed by atoms with van der Waals surface area (Å²) in [5.74, 6) is 2.91. The molecule has 1 aromatic carbocycles. The first-order valence-electron chi connectivity index (χ1n) is 10.9. The summed E-state index contributed by atoms with van der Waals surface area (Å²) < 4.78 is 11.9. The maximum Gasteiger partial charge on any atom is 0.163 e. The third kappa shape index (κ3) is 3.69. The molecule has 0 bridgehead atoms. The van der Waals surface area contributed by atoms with E-state index in [4.69, 9.17) is 14.5 Å². The number of aromatic nitrogens is 2. The maximum atomic E-state index is 6.17. The lowest BCUT2D eigenvalue weighted by Gasteiger charge is -2.17. The molecule has 2 aromatic heterocycles. The molecule has 0 aliphatic heterocycles. The topological polar surface area (TPSA) is 56.3 Å². The Morgan fingerprint density at radius 3 is 2.80 bits per heavy atom. The Morgan fingerprint density at radius 2 is 2.03 bits per heavy atom. The van der Waals surface area contributed by atoms with Crippen molar-refractivity contribution < 1.29 is 9.47 Å². The molecular weight excluding hydrogens is 374 g/mol. The molecular formula is C25H29N3O2. The molecule has 2 aliphatic rings. The van der Waals surface area contributed by atoms with Crippen molar-refractivity contribution in [1.82, 2.24) is 9.97 Å². The molecule has 0 amide bonds. The number of benzene rings is 1. The second kappa shape index (κ2) is 7.78. The van der Waals surface area contributed by atoms with E-state index in [1.165, 1.54) is 29.8 Å². The van der Waals surface area contributed by atoms with Crippen LogP contribution in [0.25, 0.3) is 10.9 Å². The number of anilines is 1. The van der Waals surface area contributed by atoms with Crippen LogP contribution in [0.1, 0.15) is 42.3 Å². The largest absolute Gasteiger partial charge is 0.493 e. The number of nitrogens with one attached hydrogen (secondary N) is 1. The zero-order chi connectivity index (χ0) is 20.7. The molecule has 5 nitrogen and oxygen atoms in total. The number of methoxy groups -OCH3 is 1. The molecule has 156 valence electrons. The van der Waals surface area contributed by atoms with Crippen molar-refractivity contribution in [2.75, 3.05) is 19.0 Å². The molecule has 0 saturated heterocycles. The Bertz CT molecular complexity index is 1090. The molecule has 1 N–H and O–H groups in total. The van der Waals surface area contributed by atoms with Gasteiger partial charge in [0.25, 0.3) is 0 Å². The zero-order valence-electron chi connectivity index (χ0n) is 18.0. The molecule has 5 rings (SSSR count). The van der Waals surface area contributed by atoms with Gasteiger partial charge in [0.15, 0.2) is 11.5 Å². The van der Waals surface area contributed by atoms with E-state index in [0.717, 1.165) is 59.0 Å². The van der Waals surface area contributed by atoms with Gasteiger partial charge in [-0.05, 0) is 62.1 Å². The summed E-state index contributed by atoms with van der Waals surface area (Å²) in [4.78, 5) is 9.38. The standard InChI is InChI=1S/C25H29N3O2/c1-15-9-19-21(10-15)28-22-12-24(30-14-18-5-4-8-26-16(18)2)23(29-3)11-20(22)25(19)27-13-17-6-7-17/h4-5,8,11-12,15,17H,6-7,9-10,13-14H2,1-3H3,(H,27,28). The van der Waals surface area contributed by atoms with Gasteiger partial charge in [0, 0.05) is 46.8 Å². The normalized spacial score (nSPS) is 17.8. The molecule has 3 aromatic rings. The number of nitrogens with zero attached hydrogens (tertiary/aromatic N) is 2. The second-order valence-electron chi connectivity index (χ2n) is 8.81. The van der Waals surface area contributed by atoms with E-state index in [1.54, 1.807) is 13.3 Å². The monoisotopic (exact) mass is 403 g/mol. The van der Waals surface area contributed by atoms with E-state index in [1.807, 2.05) is 25.1 Å². The molecule has 2 heterocycles. The fourth-order valence-electron chi connectivity index (χ4n) is 4.37. The number of hydrogen-bond acceptors (Lipinski definition) is 5. The minimum Gasteiger partial charge on any atom is -0.493 e. The highest BCUT2D eigenvalue weighted by atomic mass is 16.5. The van der Waals surface area contributed by atoms with Crippen LogP contribution in [0.2, 0.25) is 0 Å². The van der Waals surface area contributed by atoms with Gasteiger partial charge in [-0.15, -0.1) is 0 Å². The maximum absolute atomic E-state index is 6.17. The van der Waals surface area contributed by atoms with Crippen LogP contribution in [-0.2, 0) is 19.4 Å². The lowest BCUT2D eigenvalue weighted by Crippen LogP contribution is -2.08. The van der Waals surface area contributed by atoms with Gasteiger partial charge in [-0.25, -0.2) is 0 Å². The number of aryl methyl sites for hydroxylation is 1. The number of ether oxygens (including phenoxy) is 2. The minimum atomic E-state index is 0.455. The van der Waals surface area contributed by atoms with Gasteiger partial charge in [-0.1, -0.05) is 13.0 Å². The lowest BCUT2D eigenvalue weighted by molar-refractivity contribution is 0.284. The first-order chi connectivity index (χ1) is 14.6. The summed E-state index contributed by atoms with van der Waals surface area (Å²) in [6.07, 6.45) is 6.61. The Balaban J connectivity index is 1.53. The van der Waals surface area contributed by atoms with Crippen molar-refractivity contribution in [3.05, 3.63) is 53.0 Å². The average molecular weight is 404 g/mol. The van der Waals surface area contributed by atoms with Crippen molar-refractivity contribution in [3.8, 4) is 11.5 Å². The highest BCUT2D eigenvalue weighted by Crippen LogP contribution is 2.41. The highest BCUT2D eigenvalue weighted by Gasteiger charge is 2.27. The van der Waals surface area contributed by atoms with Crippen molar-refractivity contribution >= 4 is 16.6 Å². The molecule has 0 radical (unpaired) electrons. The Kier molecular flexibility index (Phi) is 4.97. The van der Waals surface area contributed by atoms with Gasteiger partial charge in [-0.2, -0.15) is 0 Å². The first kappa shape index (κ1) is 19.2. The summed E-state index contributed by atoms with van der Waals surface area (Å²) in [5, 5.41) is 4.89. The van der Waals surface area contributed by atoms with Crippen molar-refractivity contribution in [1.29, 1.82) is 0 Å². The third-order valence-electron chi connectivity index (χ3n) is 6.32. The number of pyridine rings is 2. The SMILES string of the molecule is COc1cc2c(NCC3CC3)c3c(nc2cc1OCc1cccnc1C)CC(C)C3. The van der Waals surface area contributed by atoms with E-state index < -0.39 is 0 Å². The Hall–Kier alpha value is -2.82. The quantitative estimate of drug-likeness (QED) is 0.596. The average Bonchev–Trinajstić information content (AvgIpc) is 3.49. The van der Waals surface area contributed by atoms with Crippen molar-refractivity contribution in [3.63, 3.8) is 0 Å². The molecule has 1 atom stereocenters. The van der Waals surface area contributed by atoms with Crippen LogP contribution in [0.5, 0.6) is 11.5 Å². The summed E-state index contributed by atoms with van der Waals surface area (Å²) >= 11 is 0. The van der Waals surface area contributed by atoms with Crippen LogP contribution in [0.4, 0.5) is 5.69 Å². The third-order valence-corrected chi connectivity index (χ3v) is 6.32. The number of rotatable bonds is 7. The van der Waals surface area contributed by atoms with Gasteiger partial charge in [0.1, 0.15) is 6.61 Å². The summed E-state index contributed by atoms with van der Waals surface area (Å²) in [6.45, 7) is 5.81.